The van der Waals surface area contributed by atoms with Crippen LogP contribution in [0, 0.1) is 0 Å². The van der Waals surface area contributed by atoms with Crippen molar-refractivity contribution in [1.29, 1.82) is 0 Å². The van der Waals surface area contributed by atoms with Gasteiger partial charge in [-0.05, 0) is 42.5 Å². The van der Waals surface area contributed by atoms with E-state index in [2.05, 4.69) is 0 Å². The van der Waals surface area contributed by atoms with Crippen molar-refractivity contribution in [3.05, 3.63) is 77.9 Å². The maximum absolute atomic E-state index is 13.2. The van der Waals surface area contributed by atoms with Crippen molar-refractivity contribution >= 4 is 35.7 Å². The fourth-order valence-electron chi connectivity index (χ4n) is 3.87. The molecule has 2 atom stereocenters. The number of allylic oxidation sites excluding steroid dienone is 1. The second kappa shape index (κ2) is 10.7. The zero-order valence-corrected chi connectivity index (χ0v) is 18.1. The van der Waals surface area contributed by atoms with E-state index in [1.54, 1.807) is 12.1 Å². The zero-order chi connectivity index (χ0) is 23.8. The minimum absolute atomic E-state index is 0.212. The lowest BCUT2D eigenvalue weighted by atomic mass is 9.93. The lowest BCUT2D eigenvalue weighted by molar-refractivity contribution is -0.167. The number of benzene rings is 2. The van der Waals surface area contributed by atoms with E-state index in [1.807, 2.05) is 66.8 Å². The van der Waals surface area contributed by atoms with Crippen LogP contribution in [0.25, 0.3) is 12.2 Å². The number of amides is 1. The molecule has 3 rings (SSSR count). The number of carbonyl (C=O) groups excluding carboxylic acids is 1. The van der Waals surface area contributed by atoms with Crippen LogP contribution in [0.2, 0.25) is 0 Å². The van der Waals surface area contributed by atoms with Crippen molar-refractivity contribution in [3.63, 3.8) is 0 Å². The highest BCUT2D eigenvalue weighted by molar-refractivity contribution is 5.98. The van der Waals surface area contributed by atoms with E-state index in [9.17, 15) is 24.6 Å². The number of rotatable bonds is 9. The van der Waals surface area contributed by atoms with Crippen LogP contribution in [0.3, 0.4) is 0 Å². The molecule has 0 heterocycles. The quantitative estimate of drug-likeness (QED) is 0.394. The van der Waals surface area contributed by atoms with Gasteiger partial charge < -0.3 is 20.2 Å². The fourth-order valence-corrected chi connectivity index (χ4v) is 3.87. The van der Waals surface area contributed by atoms with E-state index in [4.69, 9.17) is 5.11 Å². The van der Waals surface area contributed by atoms with Gasteiger partial charge in [0.15, 0.2) is 5.60 Å². The summed E-state index contributed by atoms with van der Waals surface area (Å²) in [6.45, 7) is 0. The molecule has 0 spiro atoms. The van der Waals surface area contributed by atoms with Crippen LogP contribution >= 0.6 is 0 Å². The Labute approximate surface area is 192 Å². The standard InChI is InChI=1S/C26H27NO6/c28-23(17-26(33,25(31)32)18-24(29)30)27(21-9-5-2-6-10-21)22-15-13-20(14-16-22)12-11-19-7-3-1-4-8-19/h1-5,7-8,11-16,21,33H,6,9-10,17-18H2,(H,29,30)(H,31,32). The molecule has 33 heavy (non-hydrogen) atoms. The normalized spacial score (nSPS) is 17.4. The minimum Gasteiger partial charge on any atom is -0.481 e. The van der Waals surface area contributed by atoms with Gasteiger partial charge in [0, 0.05) is 11.7 Å². The Morgan fingerprint density at radius 1 is 0.909 bits per heavy atom. The number of hydrogen-bond acceptors (Lipinski definition) is 4. The largest absolute Gasteiger partial charge is 0.481 e. The highest BCUT2D eigenvalue weighted by Crippen LogP contribution is 2.28. The number of aliphatic carboxylic acids is 2. The second-order valence-electron chi connectivity index (χ2n) is 8.12. The molecular weight excluding hydrogens is 422 g/mol. The Balaban J connectivity index is 1.85. The molecule has 0 aliphatic heterocycles. The van der Waals surface area contributed by atoms with Crippen LogP contribution in [-0.4, -0.2) is 44.8 Å². The van der Waals surface area contributed by atoms with Crippen molar-refractivity contribution < 1.29 is 29.7 Å². The first-order valence-electron chi connectivity index (χ1n) is 10.8. The van der Waals surface area contributed by atoms with Crippen LogP contribution in [0.4, 0.5) is 5.69 Å². The van der Waals surface area contributed by atoms with E-state index in [1.165, 1.54) is 4.90 Å². The van der Waals surface area contributed by atoms with Crippen molar-refractivity contribution in [1.82, 2.24) is 0 Å². The maximum atomic E-state index is 13.2. The Bertz CT molecular complexity index is 1040. The third-order valence-corrected chi connectivity index (χ3v) is 5.60. The minimum atomic E-state index is -2.68. The molecule has 1 aliphatic rings. The summed E-state index contributed by atoms with van der Waals surface area (Å²) in [4.78, 5) is 37.3. The molecule has 0 saturated carbocycles. The Hall–Kier alpha value is -3.71. The fraction of sp³-hybridized carbons (Fsp3) is 0.269. The first kappa shape index (κ1) is 23.9. The number of hydrogen-bond donors (Lipinski definition) is 3. The number of carboxylic acids is 2. The molecule has 3 N–H and O–H groups in total. The molecule has 7 heteroatoms. The molecule has 1 aliphatic carbocycles. The van der Waals surface area contributed by atoms with E-state index < -0.39 is 36.3 Å². The number of anilines is 1. The average molecular weight is 450 g/mol. The molecule has 0 saturated heterocycles. The number of carbonyl (C=O) groups is 3. The summed E-state index contributed by atoms with van der Waals surface area (Å²) >= 11 is 0. The molecule has 2 aromatic carbocycles. The molecule has 2 unspecified atom stereocenters. The molecule has 1 amide bonds. The predicted molar refractivity (Wildman–Crippen MR) is 126 cm³/mol. The molecule has 0 aromatic heterocycles. The van der Waals surface area contributed by atoms with Gasteiger partial charge in [-0.25, -0.2) is 4.79 Å². The summed E-state index contributed by atoms with van der Waals surface area (Å²) in [5.41, 5.74) is -0.130. The first-order valence-corrected chi connectivity index (χ1v) is 10.8. The van der Waals surface area contributed by atoms with Crippen molar-refractivity contribution in [3.8, 4) is 0 Å². The smallest absolute Gasteiger partial charge is 0.336 e. The highest BCUT2D eigenvalue weighted by atomic mass is 16.4. The lowest BCUT2D eigenvalue weighted by Gasteiger charge is -2.34. The second-order valence-corrected chi connectivity index (χ2v) is 8.12. The summed E-state index contributed by atoms with van der Waals surface area (Å²) in [6.07, 6.45) is 8.06. The van der Waals surface area contributed by atoms with Gasteiger partial charge >= 0.3 is 11.9 Å². The summed E-state index contributed by atoms with van der Waals surface area (Å²) < 4.78 is 0. The van der Waals surface area contributed by atoms with Crippen LogP contribution in [0.15, 0.2) is 66.7 Å². The van der Waals surface area contributed by atoms with Crippen molar-refractivity contribution in [2.24, 2.45) is 0 Å². The highest BCUT2D eigenvalue weighted by Gasteiger charge is 2.43. The van der Waals surface area contributed by atoms with Gasteiger partial charge in [-0.2, -0.15) is 0 Å². The van der Waals surface area contributed by atoms with E-state index >= 15 is 0 Å². The monoisotopic (exact) mass is 449 g/mol. The van der Waals surface area contributed by atoms with Crippen LogP contribution in [0.5, 0.6) is 0 Å². The van der Waals surface area contributed by atoms with Gasteiger partial charge in [-0.15, -0.1) is 0 Å². The van der Waals surface area contributed by atoms with Crippen LogP contribution < -0.4 is 4.90 Å². The van der Waals surface area contributed by atoms with Gasteiger partial charge in [0.2, 0.25) is 5.91 Å². The summed E-state index contributed by atoms with van der Waals surface area (Å²) in [5.74, 6) is -3.86. The topological polar surface area (TPSA) is 115 Å². The molecular formula is C26H27NO6. The van der Waals surface area contributed by atoms with Gasteiger partial charge in [0.25, 0.3) is 0 Å². The molecule has 0 bridgehead atoms. The molecule has 0 fully saturated rings. The lowest BCUT2D eigenvalue weighted by Crippen LogP contribution is -2.49. The third kappa shape index (κ3) is 6.40. The van der Waals surface area contributed by atoms with Crippen LogP contribution in [-0.2, 0) is 14.4 Å². The summed E-state index contributed by atoms with van der Waals surface area (Å²) in [5, 5.41) is 28.8. The third-order valence-electron chi connectivity index (χ3n) is 5.60. The number of carboxylic acid groups (broad SMARTS) is 2. The van der Waals surface area contributed by atoms with Gasteiger partial charge in [-0.1, -0.05) is 66.8 Å². The van der Waals surface area contributed by atoms with Crippen LogP contribution in [0.1, 0.15) is 43.2 Å². The molecule has 7 nitrogen and oxygen atoms in total. The number of nitrogens with zero attached hydrogens (tertiary/aromatic N) is 1. The van der Waals surface area contributed by atoms with Crippen molar-refractivity contribution in [2.75, 3.05) is 4.90 Å². The van der Waals surface area contributed by atoms with Gasteiger partial charge in [-0.3, -0.25) is 9.59 Å². The predicted octanol–water partition coefficient (Wildman–Crippen LogP) is 3.98. The Morgan fingerprint density at radius 2 is 1.55 bits per heavy atom. The summed E-state index contributed by atoms with van der Waals surface area (Å²) in [6, 6.07) is 16.9. The summed E-state index contributed by atoms with van der Waals surface area (Å²) in [7, 11) is 0. The van der Waals surface area contributed by atoms with Gasteiger partial charge in [0.05, 0.1) is 12.8 Å². The number of aliphatic hydroxyl groups is 1. The van der Waals surface area contributed by atoms with E-state index in [0.717, 1.165) is 17.5 Å². The van der Waals surface area contributed by atoms with Gasteiger partial charge in [0.1, 0.15) is 0 Å². The zero-order valence-electron chi connectivity index (χ0n) is 18.1. The Kier molecular flexibility index (Phi) is 7.79. The van der Waals surface area contributed by atoms with E-state index in [0.29, 0.717) is 18.5 Å². The van der Waals surface area contributed by atoms with Crippen molar-refractivity contribution in [2.45, 2.75) is 43.7 Å². The first-order chi connectivity index (χ1) is 15.8. The van der Waals surface area contributed by atoms with E-state index in [-0.39, 0.29) is 6.04 Å². The molecule has 172 valence electrons. The SMILES string of the molecule is O=C(O)CC(O)(CC(=O)N(c1ccc(C=Cc2ccccc2)cc1)C1CC=CCC1)C(=O)O. The average Bonchev–Trinajstić information content (AvgIpc) is 2.79. The molecule has 2 aromatic rings. The maximum Gasteiger partial charge on any atom is 0.336 e. The molecule has 0 radical (unpaired) electrons. The Morgan fingerprint density at radius 3 is 2.09 bits per heavy atom.